The summed E-state index contributed by atoms with van der Waals surface area (Å²) in [6.45, 7) is 3.93. The summed E-state index contributed by atoms with van der Waals surface area (Å²) < 4.78 is 1.24. The lowest BCUT2D eigenvalue weighted by atomic mass is 10.1. The molecule has 3 rings (SSSR count). The molecule has 2 aromatic heterocycles. The molecule has 0 spiro atoms. The summed E-state index contributed by atoms with van der Waals surface area (Å²) in [5, 5.41) is 16.4. The number of nitrogens with zero attached hydrogens (tertiary/aromatic N) is 4. The second-order valence-electron chi connectivity index (χ2n) is 6.32. The van der Waals surface area contributed by atoms with Gasteiger partial charge < -0.3 is 0 Å². The smallest absolute Gasteiger partial charge is 0.267 e. The molecule has 0 unspecified atom stereocenters. The van der Waals surface area contributed by atoms with Gasteiger partial charge in [-0.3, -0.25) is 14.9 Å². The van der Waals surface area contributed by atoms with Crippen LogP contribution in [0.2, 0.25) is 0 Å². The first-order valence-electron chi connectivity index (χ1n) is 8.26. The number of aromatic nitrogens is 4. The molecule has 1 aliphatic carbocycles. The van der Waals surface area contributed by atoms with E-state index in [1.54, 1.807) is 6.07 Å². The van der Waals surface area contributed by atoms with Crippen LogP contribution in [0.3, 0.4) is 0 Å². The number of carbonyl (C=O) groups is 1. The van der Waals surface area contributed by atoms with Crippen molar-refractivity contribution in [2.45, 2.75) is 58.4 Å². The number of hydrogen-bond acceptors (Lipinski definition) is 6. The number of rotatable bonds is 4. The number of anilines is 1. The number of hydrogen-bond donors (Lipinski definition) is 1. The minimum Gasteiger partial charge on any atom is -0.299 e. The normalized spacial score (nSPS) is 14.3. The Morgan fingerprint density at radius 2 is 2.08 bits per heavy atom. The Labute approximate surface area is 144 Å². The molecular formula is C16H21N5O2S. The van der Waals surface area contributed by atoms with Crippen LogP contribution in [0.25, 0.3) is 0 Å². The number of fused-ring (bicyclic) bond motifs is 1. The zero-order chi connectivity index (χ0) is 17.1. The Hall–Kier alpha value is -2.09. The van der Waals surface area contributed by atoms with Gasteiger partial charge in [-0.1, -0.05) is 31.6 Å². The highest BCUT2D eigenvalue weighted by atomic mass is 32.1. The Bertz CT molecular complexity index is 796. The van der Waals surface area contributed by atoms with Gasteiger partial charge in [0.15, 0.2) is 0 Å². The maximum atomic E-state index is 12.2. The third-order valence-corrected chi connectivity index (χ3v) is 5.14. The highest BCUT2D eigenvalue weighted by molar-refractivity contribution is 7.15. The molecule has 0 radical (unpaired) electrons. The van der Waals surface area contributed by atoms with Gasteiger partial charge in [0.05, 0.1) is 5.69 Å². The predicted octanol–water partition coefficient (Wildman–Crippen LogP) is 2.13. The van der Waals surface area contributed by atoms with Gasteiger partial charge in [-0.05, 0) is 31.2 Å². The summed E-state index contributed by atoms with van der Waals surface area (Å²) >= 11 is 1.35. The summed E-state index contributed by atoms with van der Waals surface area (Å²) in [5.41, 5.74) is 1.74. The molecule has 0 aromatic carbocycles. The summed E-state index contributed by atoms with van der Waals surface area (Å²) in [6, 6.07) is 1.63. The molecule has 0 saturated heterocycles. The average Bonchev–Trinajstić information content (AvgIpc) is 2.87. The lowest BCUT2D eigenvalue weighted by Gasteiger charge is -2.09. The van der Waals surface area contributed by atoms with E-state index in [0.29, 0.717) is 5.13 Å². The van der Waals surface area contributed by atoms with Crippen LogP contribution in [0, 0.1) is 0 Å². The summed E-state index contributed by atoms with van der Waals surface area (Å²) in [5.74, 6) is -0.0494. The highest BCUT2D eigenvalue weighted by Gasteiger charge is 2.15. The van der Waals surface area contributed by atoms with E-state index in [0.717, 1.165) is 48.4 Å². The highest BCUT2D eigenvalue weighted by Crippen LogP contribution is 2.22. The molecule has 2 heterocycles. The van der Waals surface area contributed by atoms with Crippen LogP contribution in [0.4, 0.5) is 5.13 Å². The van der Waals surface area contributed by atoms with Crippen molar-refractivity contribution in [1.29, 1.82) is 0 Å². The van der Waals surface area contributed by atoms with Crippen molar-refractivity contribution in [3.05, 3.63) is 32.7 Å². The topological polar surface area (TPSA) is 89.8 Å². The first-order valence-corrected chi connectivity index (χ1v) is 9.08. The van der Waals surface area contributed by atoms with Crippen LogP contribution in [0.15, 0.2) is 10.9 Å². The number of carbonyl (C=O) groups excluding carboxylic acids is 1. The standard InChI is InChI=1S/C16H21N5O2S/c1-10(2)15-18-19-16(24-15)17-13(22)9-21-14(23)8-11-6-4-3-5-7-12(11)20-21/h8,10H,3-7,9H2,1-2H3,(H,17,19,22). The van der Waals surface area contributed by atoms with Gasteiger partial charge in [0.1, 0.15) is 11.6 Å². The van der Waals surface area contributed by atoms with Crippen LogP contribution in [0.5, 0.6) is 0 Å². The molecule has 0 bridgehead atoms. The molecule has 0 fully saturated rings. The van der Waals surface area contributed by atoms with Crippen molar-refractivity contribution in [2.75, 3.05) is 5.32 Å². The fraction of sp³-hybridized carbons (Fsp3) is 0.562. The molecule has 1 aliphatic rings. The molecule has 24 heavy (non-hydrogen) atoms. The van der Waals surface area contributed by atoms with Gasteiger partial charge in [0.2, 0.25) is 11.0 Å². The van der Waals surface area contributed by atoms with Crippen LogP contribution in [0.1, 0.15) is 55.3 Å². The van der Waals surface area contributed by atoms with E-state index in [1.165, 1.54) is 16.0 Å². The van der Waals surface area contributed by atoms with E-state index >= 15 is 0 Å². The SMILES string of the molecule is CC(C)c1nnc(NC(=O)Cn2nc3c(cc2=O)CCCCC3)s1. The predicted molar refractivity (Wildman–Crippen MR) is 92.4 cm³/mol. The third kappa shape index (κ3) is 3.87. The third-order valence-electron chi connectivity index (χ3n) is 4.00. The molecule has 1 amide bonds. The van der Waals surface area contributed by atoms with E-state index < -0.39 is 0 Å². The molecule has 128 valence electrons. The number of aryl methyl sites for hydroxylation is 2. The fourth-order valence-corrected chi connectivity index (χ4v) is 3.47. The van der Waals surface area contributed by atoms with Gasteiger partial charge in [-0.15, -0.1) is 10.2 Å². The van der Waals surface area contributed by atoms with Crippen molar-refractivity contribution in [3.63, 3.8) is 0 Å². The average molecular weight is 347 g/mol. The van der Waals surface area contributed by atoms with Crippen LogP contribution < -0.4 is 10.9 Å². The molecule has 8 heteroatoms. The Kier molecular flexibility index (Phi) is 5.03. The molecule has 0 saturated carbocycles. The Balaban J connectivity index is 1.71. The maximum Gasteiger partial charge on any atom is 0.267 e. The second-order valence-corrected chi connectivity index (χ2v) is 7.33. The maximum absolute atomic E-state index is 12.2. The Morgan fingerprint density at radius 3 is 2.83 bits per heavy atom. The quantitative estimate of drug-likeness (QED) is 0.856. The van der Waals surface area contributed by atoms with Gasteiger partial charge in [0.25, 0.3) is 5.56 Å². The Morgan fingerprint density at radius 1 is 1.29 bits per heavy atom. The minimum absolute atomic E-state index is 0.108. The zero-order valence-electron chi connectivity index (χ0n) is 13.9. The summed E-state index contributed by atoms with van der Waals surface area (Å²) in [7, 11) is 0. The van der Waals surface area contributed by atoms with Crippen molar-refractivity contribution in [1.82, 2.24) is 20.0 Å². The van der Waals surface area contributed by atoms with Crippen molar-refractivity contribution >= 4 is 22.4 Å². The zero-order valence-corrected chi connectivity index (χ0v) is 14.7. The van der Waals surface area contributed by atoms with Crippen LogP contribution in [-0.2, 0) is 24.2 Å². The molecule has 7 nitrogen and oxygen atoms in total. The van der Waals surface area contributed by atoms with E-state index in [-0.39, 0.29) is 23.9 Å². The lowest BCUT2D eigenvalue weighted by molar-refractivity contribution is -0.117. The van der Waals surface area contributed by atoms with Crippen molar-refractivity contribution < 1.29 is 4.79 Å². The number of nitrogens with one attached hydrogen (secondary N) is 1. The van der Waals surface area contributed by atoms with E-state index in [2.05, 4.69) is 20.6 Å². The summed E-state index contributed by atoms with van der Waals surface area (Å²) in [4.78, 5) is 24.4. The van der Waals surface area contributed by atoms with Crippen molar-refractivity contribution in [2.24, 2.45) is 0 Å². The van der Waals surface area contributed by atoms with E-state index in [1.807, 2.05) is 13.8 Å². The van der Waals surface area contributed by atoms with Gasteiger partial charge in [-0.2, -0.15) is 5.10 Å². The molecule has 0 atom stereocenters. The molecule has 1 N–H and O–H groups in total. The fourth-order valence-electron chi connectivity index (χ4n) is 2.70. The molecule has 2 aromatic rings. The van der Waals surface area contributed by atoms with E-state index in [4.69, 9.17) is 0 Å². The summed E-state index contributed by atoms with van der Waals surface area (Å²) in [6.07, 6.45) is 5.08. The van der Waals surface area contributed by atoms with Gasteiger partial charge >= 0.3 is 0 Å². The lowest BCUT2D eigenvalue weighted by Crippen LogP contribution is -2.30. The van der Waals surface area contributed by atoms with Crippen molar-refractivity contribution in [3.8, 4) is 0 Å². The first kappa shape index (κ1) is 16.8. The molecule has 0 aliphatic heterocycles. The monoisotopic (exact) mass is 347 g/mol. The second kappa shape index (κ2) is 7.21. The minimum atomic E-state index is -0.315. The first-order chi connectivity index (χ1) is 11.5. The van der Waals surface area contributed by atoms with Gasteiger partial charge in [0, 0.05) is 12.0 Å². The largest absolute Gasteiger partial charge is 0.299 e. The van der Waals surface area contributed by atoms with Gasteiger partial charge in [-0.25, -0.2) is 4.68 Å². The van der Waals surface area contributed by atoms with Crippen LogP contribution in [-0.4, -0.2) is 25.9 Å². The van der Waals surface area contributed by atoms with E-state index in [9.17, 15) is 9.59 Å². The van der Waals surface area contributed by atoms with Crippen LogP contribution >= 0.6 is 11.3 Å². The number of amides is 1. The molecular weight excluding hydrogens is 326 g/mol.